The zero-order valence-electron chi connectivity index (χ0n) is 19.3. The summed E-state index contributed by atoms with van der Waals surface area (Å²) in [7, 11) is 1.47. The van der Waals surface area contributed by atoms with Gasteiger partial charge in [-0.1, -0.05) is 22.0 Å². The lowest BCUT2D eigenvalue weighted by atomic mass is 10.0. The number of nitro benzene ring substituents is 1. The number of halogens is 1. The van der Waals surface area contributed by atoms with Gasteiger partial charge in [0.05, 0.1) is 35.4 Å². The lowest BCUT2D eigenvalue weighted by Crippen LogP contribution is -2.29. The maximum absolute atomic E-state index is 11.2. The molecule has 4 aromatic rings. The molecule has 1 aliphatic heterocycles. The molecule has 36 heavy (non-hydrogen) atoms. The van der Waals surface area contributed by atoms with Gasteiger partial charge in [-0.15, -0.1) is 0 Å². The third-order valence-corrected chi connectivity index (χ3v) is 7.30. The predicted molar refractivity (Wildman–Crippen MR) is 144 cm³/mol. The van der Waals surface area contributed by atoms with Gasteiger partial charge in [-0.3, -0.25) is 15.1 Å². The molecule has 0 saturated carbocycles. The molecule has 0 radical (unpaired) electrons. The van der Waals surface area contributed by atoms with Crippen LogP contribution in [0.15, 0.2) is 81.8 Å². The second-order valence-electron chi connectivity index (χ2n) is 8.27. The molecule has 1 aliphatic rings. The SMILES string of the molecule is COc1cc([N+](=O)[O-])ccc1-c1ccc([C@@H]2[C@@H](c3ccccn3)NC(=S)N2c2ccc(Br)c(C)c2)o1. The third-order valence-electron chi connectivity index (χ3n) is 6.10. The molecule has 5 rings (SSSR count). The summed E-state index contributed by atoms with van der Waals surface area (Å²) < 4.78 is 12.8. The molecule has 8 nitrogen and oxygen atoms in total. The smallest absolute Gasteiger partial charge is 0.273 e. The first kappa shape index (κ1) is 24.0. The molecule has 1 N–H and O–H groups in total. The Morgan fingerprint density at radius 1 is 1.17 bits per heavy atom. The molecule has 3 heterocycles. The molecular formula is C26H21BrN4O4S. The second kappa shape index (κ2) is 9.71. The minimum atomic E-state index is -0.458. The van der Waals surface area contributed by atoms with Gasteiger partial charge in [0.25, 0.3) is 5.69 Å². The fourth-order valence-electron chi connectivity index (χ4n) is 4.35. The van der Waals surface area contributed by atoms with Crippen LogP contribution in [0.4, 0.5) is 11.4 Å². The van der Waals surface area contributed by atoms with Crippen molar-refractivity contribution in [1.29, 1.82) is 0 Å². The van der Waals surface area contributed by atoms with Crippen molar-refractivity contribution in [2.24, 2.45) is 0 Å². The summed E-state index contributed by atoms with van der Waals surface area (Å²) in [5.74, 6) is 1.54. The van der Waals surface area contributed by atoms with Crippen LogP contribution in [0.2, 0.25) is 0 Å². The Kier molecular flexibility index (Phi) is 6.46. The van der Waals surface area contributed by atoms with E-state index >= 15 is 0 Å². The number of nitrogens with one attached hydrogen (secondary N) is 1. The Labute approximate surface area is 221 Å². The number of non-ortho nitro benzene ring substituents is 1. The Hall–Kier alpha value is -3.76. The van der Waals surface area contributed by atoms with Crippen molar-refractivity contribution in [3.63, 3.8) is 0 Å². The number of anilines is 1. The van der Waals surface area contributed by atoms with Gasteiger partial charge >= 0.3 is 0 Å². The Bertz CT molecular complexity index is 1460. The summed E-state index contributed by atoms with van der Waals surface area (Å²) in [6, 6.07) is 19.4. The average molecular weight is 565 g/mol. The Morgan fingerprint density at radius 2 is 2.00 bits per heavy atom. The summed E-state index contributed by atoms with van der Waals surface area (Å²) in [5.41, 5.74) is 3.38. The summed E-state index contributed by atoms with van der Waals surface area (Å²) in [6.07, 6.45) is 1.75. The van der Waals surface area contributed by atoms with E-state index in [0.29, 0.717) is 27.9 Å². The molecule has 0 spiro atoms. The first-order chi connectivity index (χ1) is 17.4. The van der Waals surface area contributed by atoms with Crippen LogP contribution in [0, 0.1) is 17.0 Å². The highest BCUT2D eigenvalue weighted by molar-refractivity contribution is 9.10. The molecule has 0 aliphatic carbocycles. The monoisotopic (exact) mass is 564 g/mol. The molecule has 0 unspecified atom stereocenters. The zero-order valence-corrected chi connectivity index (χ0v) is 21.7. The number of pyridine rings is 1. The molecule has 10 heteroatoms. The largest absolute Gasteiger partial charge is 0.496 e. The van der Waals surface area contributed by atoms with Crippen LogP contribution in [0.5, 0.6) is 5.75 Å². The number of rotatable bonds is 6. The van der Waals surface area contributed by atoms with Gasteiger partial charge in [0.15, 0.2) is 5.11 Å². The van der Waals surface area contributed by atoms with E-state index < -0.39 is 4.92 Å². The molecule has 2 aromatic heterocycles. The fraction of sp³-hybridized carbons (Fsp3) is 0.154. The van der Waals surface area contributed by atoms with Gasteiger partial charge < -0.3 is 19.4 Å². The van der Waals surface area contributed by atoms with Crippen LogP contribution in [-0.2, 0) is 0 Å². The van der Waals surface area contributed by atoms with Crippen molar-refractivity contribution >= 4 is 44.6 Å². The van der Waals surface area contributed by atoms with Crippen LogP contribution >= 0.6 is 28.1 Å². The highest BCUT2D eigenvalue weighted by Gasteiger charge is 2.42. The van der Waals surface area contributed by atoms with Gasteiger partial charge in [-0.25, -0.2) is 0 Å². The average Bonchev–Trinajstić information content (AvgIpc) is 3.50. The van der Waals surface area contributed by atoms with Gasteiger partial charge in [0.2, 0.25) is 0 Å². The second-order valence-corrected chi connectivity index (χ2v) is 9.51. The fourth-order valence-corrected chi connectivity index (χ4v) is 4.95. The molecule has 182 valence electrons. The minimum absolute atomic E-state index is 0.0558. The van der Waals surface area contributed by atoms with E-state index in [1.165, 1.54) is 19.2 Å². The van der Waals surface area contributed by atoms with Crippen LogP contribution in [0.3, 0.4) is 0 Å². The molecule has 1 saturated heterocycles. The van der Waals surface area contributed by atoms with Gasteiger partial charge in [-0.2, -0.15) is 0 Å². The highest BCUT2D eigenvalue weighted by atomic mass is 79.9. The number of ether oxygens (including phenoxy) is 1. The molecular weight excluding hydrogens is 544 g/mol. The van der Waals surface area contributed by atoms with Gasteiger partial charge in [0, 0.05) is 22.4 Å². The van der Waals surface area contributed by atoms with Gasteiger partial charge in [-0.05, 0) is 73.2 Å². The Balaban J connectivity index is 1.60. The third kappa shape index (κ3) is 4.33. The summed E-state index contributed by atoms with van der Waals surface area (Å²) in [6.45, 7) is 2.03. The molecule has 2 atom stereocenters. The maximum Gasteiger partial charge on any atom is 0.273 e. The standard InChI is InChI=1S/C26H21BrN4O4S/c1-15-13-16(7-9-19(15)27)30-25(24(29-26(30)36)20-5-3-4-12-28-20)22-11-10-21(35-22)18-8-6-17(31(32)33)14-23(18)34-2/h3-14,24-25H,1-2H3,(H,29,36)/t24-,25-/m1/s1. The predicted octanol–water partition coefficient (Wildman–Crippen LogP) is 6.51. The van der Waals surface area contributed by atoms with Crippen LogP contribution in [-0.4, -0.2) is 22.1 Å². The molecule has 0 amide bonds. The highest BCUT2D eigenvalue weighted by Crippen LogP contribution is 2.44. The number of furan rings is 1. The number of thiocarbonyl (C=S) groups is 1. The lowest BCUT2D eigenvalue weighted by Gasteiger charge is -2.26. The van der Waals surface area contributed by atoms with Crippen molar-refractivity contribution in [2.75, 3.05) is 12.0 Å². The van der Waals surface area contributed by atoms with E-state index in [1.54, 1.807) is 12.3 Å². The number of aromatic nitrogens is 1. The maximum atomic E-state index is 11.2. The first-order valence-electron chi connectivity index (χ1n) is 11.1. The minimum Gasteiger partial charge on any atom is -0.496 e. The zero-order chi connectivity index (χ0) is 25.4. The van der Waals surface area contributed by atoms with Crippen molar-refractivity contribution < 1.29 is 14.1 Å². The summed E-state index contributed by atoms with van der Waals surface area (Å²) in [5, 5.41) is 15.2. The van der Waals surface area contributed by atoms with Crippen molar-refractivity contribution in [3.8, 4) is 17.1 Å². The van der Waals surface area contributed by atoms with Crippen molar-refractivity contribution in [1.82, 2.24) is 10.3 Å². The number of hydrogen-bond donors (Lipinski definition) is 1. The normalized spacial score (nSPS) is 17.2. The molecule has 1 fully saturated rings. The van der Waals surface area contributed by atoms with E-state index in [-0.39, 0.29) is 17.8 Å². The van der Waals surface area contributed by atoms with E-state index in [2.05, 4.69) is 32.3 Å². The molecule has 0 bridgehead atoms. The number of benzene rings is 2. The lowest BCUT2D eigenvalue weighted by molar-refractivity contribution is -0.384. The quantitative estimate of drug-likeness (QED) is 0.161. The van der Waals surface area contributed by atoms with E-state index in [4.69, 9.17) is 21.4 Å². The number of methoxy groups -OCH3 is 1. The van der Waals surface area contributed by atoms with Crippen LogP contribution < -0.4 is 15.0 Å². The van der Waals surface area contributed by atoms with Gasteiger partial charge in [0.1, 0.15) is 23.3 Å². The van der Waals surface area contributed by atoms with E-state index in [9.17, 15) is 10.1 Å². The first-order valence-corrected chi connectivity index (χ1v) is 12.3. The van der Waals surface area contributed by atoms with E-state index in [0.717, 1.165) is 21.4 Å². The number of hydrogen-bond acceptors (Lipinski definition) is 6. The molecule has 2 aromatic carbocycles. The van der Waals surface area contributed by atoms with Crippen molar-refractivity contribution in [3.05, 3.63) is 105 Å². The number of nitro groups is 1. The van der Waals surface area contributed by atoms with Crippen LogP contribution in [0.1, 0.15) is 29.1 Å². The Morgan fingerprint density at radius 3 is 2.69 bits per heavy atom. The summed E-state index contributed by atoms with van der Waals surface area (Å²) in [4.78, 5) is 17.3. The topological polar surface area (TPSA) is 93.7 Å². The van der Waals surface area contributed by atoms with Crippen LogP contribution in [0.25, 0.3) is 11.3 Å². The van der Waals surface area contributed by atoms with Crippen molar-refractivity contribution in [2.45, 2.75) is 19.0 Å². The summed E-state index contributed by atoms with van der Waals surface area (Å²) >= 11 is 9.35. The number of nitrogens with zero attached hydrogens (tertiary/aromatic N) is 3. The number of aryl methyl sites for hydroxylation is 1. The van der Waals surface area contributed by atoms with E-state index in [1.807, 2.05) is 54.3 Å².